The van der Waals surface area contributed by atoms with Gasteiger partial charge in [-0.15, -0.1) is 0 Å². The van der Waals surface area contributed by atoms with Crippen LogP contribution >= 0.6 is 0 Å². The van der Waals surface area contributed by atoms with Gasteiger partial charge in [-0.05, 0) is 19.8 Å². The normalized spacial score (nSPS) is 18.2. The SMILES string of the molecule is CCOC(=O)/C=C(/NC1CCCC1)C(F)(F)F. The average molecular weight is 251 g/mol. The molecule has 3 nitrogen and oxygen atoms in total. The number of allylic oxidation sites excluding steroid dienone is 1. The van der Waals surface area contributed by atoms with Gasteiger partial charge in [-0.25, -0.2) is 4.79 Å². The molecule has 0 aromatic heterocycles. The molecule has 0 aliphatic heterocycles. The van der Waals surface area contributed by atoms with Gasteiger partial charge in [-0.3, -0.25) is 0 Å². The Bertz CT molecular complexity index is 294. The Morgan fingerprint density at radius 1 is 1.41 bits per heavy atom. The van der Waals surface area contributed by atoms with Crippen LogP contribution in [0, 0.1) is 0 Å². The van der Waals surface area contributed by atoms with Crippen molar-refractivity contribution in [3.8, 4) is 0 Å². The summed E-state index contributed by atoms with van der Waals surface area (Å²) in [5.74, 6) is -0.967. The number of hydrogen-bond acceptors (Lipinski definition) is 3. The van der Waals surface area contributed by atoms with Gasteiger partial charge in [0, 0.05) is 6.04 Å². The van der Waals surface area contributed by atoms with Crippen molar-refractivity contribution < 1.29 is 22.7 Å². The van der Waals surface area contributed by atoms with E-state index in [4.69, 9.17) is 0 Å². The molecule has 0 bridgehead atoms. The summed E-state index contributed by atoms with van der Waals surface area (Å²) < 4.78 is 42.4. The number of halogens is 3. The lowest BCUT2D eigenvalue weighted by Gasteiger charge is -2.18. The Balaban J connectivity index is 2.69. The summed E-state index contributed by atoms with van der Waals surface area (Å²) in [5.41, 5.74) is -1.01. The first-order chi connectivity index (χ1) is 7.93. The summed E-state index contributed by atoms with van der Waals surface area (Å²) in [6.45, 7) is 1.60. The summed E-state index contributed by atoms with van der Waals surface area (Å²) in [4.78, 5) is 11.0. The number of carbonyl (C=O) groups excluding carboxylic acids is 1. The van der Waals surface area contributed by atoms with Crippen molar-refractivity contribution >= 4 is 5.97 Å². The fraction of sp³-hybridized carbons (Fsp3) is 0.727. The first-order valence-corrected chi connectivity index (χ1v) is 5.65. The predicted molar refractivity (Wildman–Crippen MR) is 56.2 cm³/mol. The van der Waals surface area contributed by atoms with Gasteiger partial charge in [0.25, 0.3) is 0 Å². The predicted octanol–water partition coefficient (Wildman–Crippen LogP) is 2.53. The van der Waals surface area contributed by atoms with Gasteiger partial charge in [0.1, 0.15) is 5.70 Å². The van der Waals surface area contributed by atoms with Gasteiger partial charge in [0.15, 0.2) is 0 Å². The Morgan fingerprint density at radius 3 is 2.47 bits per heavy atom. The van der Waals surface area contributed by atoms with Crippen LogP contribution < -0.4 is 5.32 Å². The van der Waals surface area contributed by atoms with Crippen LogP contribution in [-0.4, -0.2) is 24.8 Å². The maximum absolute atomic E-state index is 12.6. The number of ether oxygens (including phenoxy) is 1. The highest BCUT2D eigenvalue weighted by molar-refractivity contribution is 5.82. The van der Waals surface area contributed by atoms with E-state index in [0.717, 1.165) is 12.8 Å². The van der Waals surface area contributed by atoms with Crippen LogP contribution in [0.25, 0.3) is 0 Å². The Hall–Kier alpha value is -1.20. The second-order valence-electron chi connectivity index (χ2n) is 3.93. The van der Waals surface area contributed by atoms with E-state index in [1.807, 2.05) is 0 Å². The van der Waals surface area contributed by atoms with Crippen molar-refractivity contribution in [2.45, 2.75) is 44.8 Å². The molecular weight excluding hydrogens is 235 g/mol. The molecule has 17 heavy (non-hydrogen) atoms. The maximum atomic E-state index is 12.6. The lowest BCUT2D eigenvalue weighted by molar-refractivity contribution is -0.138. The van der Waals surface area contributed by atoms with Crippen LogP contribution in [0.2, 0.25) is 0 Å². The van der Waals surface area contributed by atoms with Gasteiger partial charge >= 0.3 is 12.1 Å². The molecule has 1 fully saturated rings. The average Bonchev–Trinajstić information content (AvgIpc) is 2.68. The van der Waals surface area contributed by atoms with Gasteiger partial charge in [0.2, 0.25) is 0 Å². The van der Waals surface area contributed by atoms with Gasteiger partial charge in [-0.2, -0.15) is 13.2 Å². The van der Waals surface area contributed by atoms with Crippen molar-refractivity contribution in [1.82, 2.24) is 5.32 Å². The summed E-state index contributed by atoms with van der Waals surface area (Å²) >= 11 is 0. The molecule has 0 aromatic rings. The minimum Gasteiger partial charge on any atom is -0.463 e. The molecule has 0 saturated heterocycles. The van der Waals surface area contributed by atoms with Crippen molar-refractivity contribution in [3.05, 3.63) is 11.8 Å². The third-order valence-electron chi connectivity index (χ3n) is 2.57. The molecular formula is C11H16F3NO2. The van der Waals surface area contributed by atoms with E-state index in [9.17, 15) is 18.0 Å². The highest BCUT2D eigenvalue weighted by Gasteiger charge is 2.36. The van der Waals surface area contributed by atoms with Crippen LogP contribution in [0.5, 0.6) is 0 Å². The van der Waals surface area contributed by atoms with E-state index in [2.05, 4.69) is 10.1 Å². The lowest BCUT2D eigenvalue weighted by Crippen LogP contribution is -2.34. The first-order valence-electron chi connectivity index (χ1n) is 5.65. The second kappa shape index (κ2) is 5.93. The first kappa shape index (κ1) is 13.9. The lowest BCUT2D eigenvalue weighted by atomic mass is 10.2. The van der Waals surface area contributed by atoms with Crippen LogP contribution in [-0.2, 0) is 9.53 Å². The highest BCUT2D eigenvalue weighted by Crippen LogP contribution is 2.27. The van der Waals surface area contributed by atoms with Crippen molar-refractivity contribution in [2.75, 3.05) is 6.61 Å². The van der Waals surface area contributed by atoms with E-state index >= 15 is 0 Å². The van der Waals surface area contributed by atoms with Crippen molar-refractivity contribution in [1.29, 1.82) is 0 Å². The number of alkyl halides is 3. The van der Waals surface area contributed by atoms with Crippen LogP contribution in [0.4, 0.5) is 13.2 Å². The maximum Gasteiger partial charge on any atom is 0.431 e. The quantitative estimate of drug-likeness (QED) is 0.616. The third-order valence-corrected chi connectivity index (χ3v) is 2.57. The highest BCUT2D eigenvalue weighted by atomic mass is 19.4. The zero-order chi connectivity index (χ0) is 12.9. The molecule has 1 aliphatic carbocycles. The minimum atomic E-state index is -4.55. The van der Waals surface area contributed by atoms with E-state index in [-0.39, 0.29) is 12.6 Å². The molecule has 0 unspecified atom stereocenters. The fourth-order valence-electron chi connectivity index (χ4n) is 1.80. The number of rotatable bonds is 4. The summed E-state index contributed by atoms with van der Waals surface area (Å²) in [7, 11) is 0. The minimum absolute atomic E-state index is 0.0594. The smallest absolute Gasteiger partial charge is 0.431 e. The van der Waals surface area contributed by atoms with Gasteiger partial charge in [0.05, 0.1) is 12.7 Å². The number of hydrogen-bond donors (Lipinski definition) is 1. The molecule has 98 valence electrons. The Kier molecular flexibility index (Phi) is 4.84. The molecule has 1 rings (SSSR count). The summed E-state index contributed by atoms with van der Waals surface area (Å²) in [6, 6.07) is -0.197. The number of nitrogens with one attached hydrogen (secondary N) is 1. The molecule has 1 N–H and O–H groups in total. The van der Waals surface area contributed by atoms with Crippen LogP contribution in [0.15, 0.2) is 11.8 Å². The largest absolute Gasteiger partial charge is 0.463 e. The molecule has 0 radical (unpaired) electrons. The number of carbonyl (C=O) groups is 1. The number of esters is 1. The van der Waals surface area contributed by atoms with Gasteiger partial charge in [-0.1, -0.05) is 12.8 Å². The van der Waals surface area contributed by atoms with Crippen molar-refractivity contribution in [3.63, 3.8) is 0 Å². The van der Waals surface area contributed by atoms with E-state index < -0.39 is 17.8 Å². The van der Waals surface area contributed by atoms with E-state index in [1.165, 1.54) is 0 Å². The Morgan fingerprint density at radius 2 is 2.00 bits per heavy atom. The van der Waals surface area contributed by atoms with Crippen molar-refractivity contribution in [2.24, 2.45) is 0 Å². The van der Waals surface area contributed by atoms with E-state index in [0.29, 0.717) is 18.9 Å². The van der Waals surface area contributed by atoms with E-state index in [1.54, 1.807) is 6.92 Å². The van der Waals surface area contributed by atoms with Crippen LogP contribution in [0.1, 0.15) is 32.6 Å². The standard InChI is InChI=1S/C11H16F3NO2/c1-2-17-10(16)7-9(11(12,13)14)15-8-5-3-4-6-8/h7-8,15H,2-6H2,1H3/b9-7+. The zero-order valence-electron chi connectivity index (χ0n) is 9.64. The summed E-state index contributed by atoms with van der Waals surface area (Å²) in [5, 5.41) is 2.38. The molecule has 0 spiro atoms. The molecule has 1 aliphatic rings. The molecule has 0 heterocycles. The van der Waals surface area contributed by atoms with Gasteiger partial charge < -0.3 is 10.1 Å². The third kappa shape index (κ3) is 4.66. The molecule has 0 atom stereocenters. The van der Waals surface area contributed by atoms with Crippen LogP contribution in [0.3, 0.4) is 0 Å². The Labute approximate surface area is 98.0 Å². The second-order valence-corrected chi connectivity index (χ2v) is 3.93. The zero-order valence-corrected chi connectivity index (χ0v) is 9.64. The fourth-order valence-corrected chi connectivity index (χ4v) is 1.80. The molecule has 0 amide bonds. The molecule has 6 heteroatoms. The monoisotopic (exact) mass is 251 g/mol. The molecule has 0 aromatic carbocycles. The summed E-state index contributed by atoms with van der Waals surface area (Å²) in [6.07, 6.45) is -0.811. The molecule has 1 saturated carbocycles. The topological polar surface area (TPSA) is 38.3 Å².